The average Bonchev–Trinajstić information content (AvgIpc) is 3.13. The molecule has 1 aromatic carbocycles. The monoisotopic (exact) mass is 302 g/mol. The van der Waals surface area contributed by atoms with Crippen molar-refractivity contribution >= 4 is 11.9 Å². The number of carbonyl (C=O) groups is 1. The molecule has 4 rings (SSSR count). The molecule has 2 aliphatic heterocycles. The number of rotatable bonds is 1. The fraction of sp³-hybridized carbons (Fsp3) is 0.529. The number of benzene rings is 1. The zero-order valence-electron chi connectivity index (χ0n) is 12.4. The summed E-state index contributed by atoms with van der Waals surface area (Å²) in [6, 6.07) is 7.43. The molecule has 3 atom stereocenters. The van der Waals surface area contributed by atoms with Gasteiger partial charge in [-0.2, -0.15) is 4.99 Å². The number of carbonyl (C=O) groups excluding carboxylic acids is 1. The first kappa shape index (κ1) is 13.7. The lowest BCUT2D eigenvalue weighted by atomic mass is 9.71. The molecule has 2 unspecified atom stereocenters. The number of fused-ring (bicyclic) bond motifs is 1. The minimum atomic E-state index is -0.194. The van der Waals surface area contributed by atoms with Crippen LogP contribution in [0.25, 0.3) is 0 Å². The van der Waals surface area contributed by atoms with E-state index in [1.54, 1.807) is 12.1 Å². The van der Waals surface area contributed by atoms with Crippen molar-refractivity contribution in [1.29, 1.82) is 0 Å². The molecule has 1 aliphatic carbocycles. The smallest absolute Gasteiger partial charge is 0.295 e. The van der Waals surface area contributed by atoms with E-state index in [-0.39, 0.29) is 18.3 Å². The number of aliphatic imine (C=N–C) groups is 1. The summed E-state index contributed by atoms with van der Waals surface area (Å²) in [4.78, 5) is 17.4. The van der Waals surface area contributed by atoms with Crippen molar-refractivity contribution in [3.63, 3.8) is 0 Å². The molecule has 2 fully saturated rings. The Bertz CT molecular complexity index is 614. The van der Waals surface area contributed by atoms with Crippen molar-refractivity contribution < 1.29 is 13.9 Å². The zero-order valence-corrected chi connectivity index (χ0v) is 12.4. The van der Waals surface area contributed by atoms with Crippen molar-refractivity contribution in [3.8, 4) is 0 Å². The van der Waals surface area contributed by atoms with Gasteiger partial charge in [-0.1, -0.05) is 18.6 Å². The van der Waals surface area contributed by atoms with Crippen LogP contribution in [0.2, 0.25) is 0 Å². The van der Waals surface area contributed by atoms with E-state index in [9.17, 15) is 9.18 Å². The highest BCUT2D eigenvalue weighted by molar-refractivity contribution is 5.96. The van der Waals surface area contributed by atoms with Gasteiger partial charge in [-0.15, -0.1) is 0 Å². The van der Waals surface area contributed by atoms with Crippen LogP contribution >= 0.6 is 0 Å². The minimum absolute atomic E-state index is 0.0720. The number of halogens is 1. The molecule has 2 heterocycles. The van der Waals surface area contributed by atoms with E-state index in [0.717, 1.165) is 19.5 Å². The lowest BCUT2D eigenvalue weighted by molar-refractivity contribution is -0.118. The van der Waals surface area contributed by atoms with Gasteiger partial charge in [-0.25, -0.2) is 4.39 Å². The Balaban J connectivity index is 1.55. The topological polar surface area (TPSA) is 41.9 Å². The van der Waals surface area contributed by atoms with E-state index in [1.165, 1.54) is 18.4 Å². The zero-order chi connectivity index (χ0) is 15.1. The standard InChI is InChI=1S/C17H19FN2O2/c18-13-6-4-11(5-7-13)14-3-1-2-12-8-20(9-15(12)14)17-19-16(21)10-22-17/h4-7,12,14-15H,1-3,8-10H2/t12?,14?,15-/m1/s1. The lowest BCUT2D eigenvalue weighted by Crippen LogP contribution is -2.29. The molecule has 0 N–H and O–H groups in total. The Morgan fingerprint density at radius 1 is 1.18 bits per heavy atom. The van der Waals surface area contributed by atoms with E-state index < -0.39 is 0 Å². The van der Waals surface area contributed by atoms with Gasteiger partial charge in [0, 0.05) is 13.1 Å². The van der Waals surface area contributed by atoms with Gasteiger partial charge in [0.1, 0.15) is 5.82 Å². The van der Waals surface area contributed by atoms with Crippen LogP contribution in [0, 0.1) is 17.7 Å². The molecule has 0 radical (unpaired) electrons. The van der Waals surface area contributed by atoms with Crippen molar-refractivity contribution in [3.05, 3.63) is 35.6 Å². The number of likely N-dealkylation sites (tertiary alicyclic amines) is 1. The normalized spacial score (nSPS) is 31.0. The van der Waals surface area contributed by atoms with Gasteiger partial charge >= 0.3 is 0 Å². The van der Waals surface area contributed by atoms with E-state index in [2.05, 4.69) is 9.89 Å². The van der Waals surface area contributed by atoms with E-state index in [0.29, 0.717) is 23.8 Å². The molecular formula is C17H19FN2O2. The lowest BCUT2D eigenvalue weighted by Gasteiger charge is -2.33. The predicted octanol–water partition coefficient (Wildman–Crippen LogP) is 2.55. The fourth-order valence-electron chi connectivity index (χ4n) is 4.21. The Kier molecular flexibility index (Phi) is 3.36. The summed E-state index contributed by atoms with van der Waals surface area (Å²) in [6.45, 7) is 1.86. The van der Waals surface area contributed by atoms with Gasteiger partial charge in [-0.05, 0) is 48.3 Å². The molecule has 1 aromatic rings. The minimum Gasteiger partial charge on any atom is -0.455 e. The molecule has 0 spiro atoms. The third-order valence-electron chi connectivity index (χ3n) is 5.21. The van der Waals surface area contributed by atoms with Gasteiger partial charge in [-0.3, -0.25) is 4.79 Å². The van der Waals surface area contributed by atoms with E-state index in [4.69, 9.17) is 4.74 Å². The number of hydrogen-bond acceptors (Lipinski definition) is 3. The second-order valence-electron chi connectivity index (χ2n) is 6.49. The molecule has 1 amide bonds. The van der Waals surface area contributed by atoms with Crippen LogP contribution in [-0.2, 0) is 9.53 Å². The van der Waals surface area contributed by atoms with Crippen molar-refractivity contribution in [2.45, 2.75) is 25.2 Å². The summed E-state index contributed by atoms with van der Waals surface area (Å²) in [5, 5.41) is 0. The Labute approximate surface area is 129 Å². The highest BCUT2D eigenvalue weighted by Crippen LogP contribution is 2.45. The van der Waals surface area contributed by atoms with E-state index in [1.807, 2.05) is 12.1 Å². The van der Waals surface area contributed by atoms with Gasteiger partial charge < -0.3 is 9.64 Å². The summed E-state index contributed by atoms with van der Waals surface area (Å²) in [5.74, 6) is 1.21. The van der Waals surface area contributed by atoms with Crippen LogP contribution < -0.4 is 0 Å². The highest BCUT2D eigenvalue weighted by Gasteiger charge is 2.42. The van der Waals surface area contributed by atoms with Gasteiger partial charge in [0.25, 0.3) is 11.9 Å². The SMILES string of the molecule is O=C1COC(N2CC3CCCC(c4ccc(F)cc4)[C@@H]3C2)=N1. The summed E-state index contributed by atoms with van der Waals surface area (Å²) < 4.78 is 18.5. The molecule has 116 valence electrons. The van der Waals surface area contributed by atoms with Crippen molar-refractivity contribution in [1.82, 2.24) is 4.90 Å². The second kappa shape index (κ2) is 5.38. The van der Waals surface area contributed by atoms with Crippen LogP contribution in [0.15, 0.2) is 29.3 Å². The van der Waals surface area contributed by atoms with Gasteiger partial charge in [0.2, 0.25) is 0 Å². The molecule has 0 bridgehead atoms. The molecule has 3 aliphatic rings. The van der Waals surface area contributed by atoms with Crippen molar-refractivity contribution in [2.24, 2.45) is 16.8 Å². The van der Waals surface area contributed by atoms with Crippen molar-refractivity contribution in [2.75, 3.05) is 19.7 Å². The maximum Gasteiger partial charge on any atom is 0.295 e. The van der Waals surface area contributed by atoms with Crippen LogP contribution in [0.1, 0.15) is 30.7 Å². The molecule has 5 heteroatoms. The second-order valence-corrected chi connectivity index (χ2v) is 6.49. The molecule has 1 saturated heterocycles. The van der Waals surface area contributed by atoms with Gasteiger partial charge in [0.15, 0.2) is 6.61 Å². The fourth-order valence-corrected chi connectivity index (χ4v) is 4.21. The number of hydrogen-bond donors (Lipinski definition) is 0. The molecule has 22 heavy (non-hydrogen) atoms. The number of ether oxygens (including phenoxy) is 1. The quantitative estimate of drug-likeness (QED) is 0.800. The average molecular weight is 302 g/mol. The summed E-state index contributed by atoms with van der Waals surface area (Å²) in [6.07, 6.45) is 3.55. The Morgan fingerprint density at radius 3 is 2.73 bits per heavy atom. The maximum absolute atomic E-state index is 13.2. The number of amidine groups is 1. The van der Waals surface area contributed by atoms with Crippen LogP contribution in [0.3, 0.4) is 0 Å². The summed E-state index contributed by atoms with van der Waals surface area (Å²) >= 11 is 0. The largest absolute Gasteiger partial charge is 0.455 e. The van der Waals surface area contributed by atoms with Crippen LogP contribution in [-0.4, -0.2) is 36.5 Å². The van der Waals surface area contributed by atoms with E-state index >= 15 is 0 Å². The molecular weight excluding hydrogens is 283 g/mol. The third kappa shape index (κ3) is 2.38. The first-order valence-electron chi connectivity index (χ1n) is 7.95. The Morgan fingerprint density at radius 2 is 2.00 bits per heavy atom. The third-order valence-corrected chi connectivity index (χ3v) is 5.21. The van der Waals surface area contributed by atoms with Crippen LogP contribution in [0.5, 0.6) is 0 Å². The maximum atomic E-state index is 13.2. The summed E-state index contributed by atoms with van der Waals surface area (Å²) in [5.41, 5.74) is 1.23. The molecule has 4 nitrogen and oxygen atoms in total. The molecule has 0 aromatic heterocycles. The summed E-state index contributed by atoms with van der Waals surface area (Å²) in [7, 11) is 0. The Hall–Kier alpha value is -1.91. The van der Waals surface area contributed by atoms with Gasteiger partial charge in [0.05, 0.1) is 0 Å². The first-order chi connectivity index (χ1) is 10.7. The highest BCUT2D eigenvalue weighted by atomic mass is 19.1. The number of nitrogens with zero attached hydrogens (tertiary/aromatic N) is 2. The number of amides is 1. The predicted molar refractivity (Wildman–Crippen MR) is 79.9 cm³/mol. The molecule has 1 saturated carbocycles. The van der Waals surface area contributed by atoms with Crippen LogP contribution in [0.4, 0.5) is 4.39 Å². The first-order valence-corrected chi connectivity index (χ1v) is 7.95.